The molecule has 0 saturated carbocycles. The van der Waals surface area contributed by atoms with Crippen molar-refractivity contribution in [2.45, 2.75) is 0 Å². The zero-order valence-electron chi connectivity index (χ0n) is 8.84. The van der Waals surface area contributed by atoms with Gasteiger partial charge in [0.25, 0.3) is 0 Å². The maximum atomic E-state index is 4.34. The molecule has 4 heteroatoms. The predicted octanol–water partition coefficient (Wildman–Crippen LogP) is 3.45. The van der Waals surface area contributed by atoms with E-state index in [-0.39, 0.29) is 0 Å². The van der Waals surface area contributed by atoms with E-state index in [1.807, 2.05) is 24.3 Å². The second-order valence-electron chi connectivity index (χ2n) is 3.61. The van der Waals surface area contributed by atoms with Gasteiger partial charge in [0.1, 0.15) is 0 Å². The van der Waals surface area contributed by atoms with Crippen molar-refractivity contribution in [3.63, 3.8) is 0 Å². The van der Waals surface area contributed by atoms with E-state index in [0.29, 0.717) is 0 Å². The summed E-state index contributed by atoms with van der Waals surface area (Å²) in [5.41, 5.74) is 2.86. The van der Waals surface area contributed by atoms with Crippen molar-refractivity contribution in [1.29, 1.82) is 0 Å². The van der Waals surface area contributed by atoms with E-state index in [2.05, 4.69) is 30.9 Å². The zero-order chi connectivity index (χ0) is 11.7. The SMILES string of the molecule is Brc1ccc2nccc(-c3cnccn3)c2c1. The van der Waals surface area contributed by atoms with Gasteiger partial charge in [-0.25, -0.2) is 0 Å². The minimum atomic E-state index is 0.859. The first-order valence-electron chi connectivity index (χ1n) is 5.15. The monoisotopic (exact) mass is 285 g/mol. The topological polar surface area (TPSA) is 38.7 Å². The molecule has 0 aliphatic heterocycles. The van der Waals surface area contributed by atoms with Gasteiger partial charge in [-0.05, 0) is 24.3 Å². The number of benzene rings is 1. The smallest absolute Gasteiger partial charge is 0.0892 e. The minimum Gasteiger partial charge on any atom is -0.261 e. The third-order valence-corrected chi connectivity index (χ3v) is 3.04. The van der Waals surface area contributed by atoms with Gasteiger partial charge in [0, 0.05) is 34.0 Å². The highest BCUT2D eigenvalue weighted by Gasteiger charge is 2.05. The summed E-state index contributed by atoms with van der Waals surface area (Å²) in [6, 6.07) is 7.97. The summed E-state index contributed by atoms with van der Waals surface area (Å²) in [4.78, 5) is 12.8. The second-order valence-corrected chi connectivity index (χ2v) is 4.53. The molecule has 0 saturated heterocycles. The Balaban J connectivity index is 2.33. The molecule has 3 rings (SSSR count). The minimum absolute atomic E-state index is 0.859. The van der Waals surface area contributed by atoms with Crippen LogP contribution in [0.2, 0.25) is 0 Å². The number of hydrogen-bond donors (Lipinski definition) is 0. The van der Waals surface area contributed by atoms with Crippen molar-refractivity contribution in [3.8, 4) is 11.3 Å². The van der Waals surface area contributed by atoms with Crippen LogP contribution < -0.4 is 0 Å². The van der Waals surface area contributed by atoms with E-state index >= 15 is 0 Å². The zero-order valence-corrected chi connectivity index (χ0v) is 10.4. The van der Waals surface area contributed by atoms with E-state index < -0.39 is 0 Å². The molecule has 0 aliphatic rings. The summed E-state index contributed by atoms with van der Waals surface area (Å²) in [7, 11) is 0. The standard InChI is InChI=1S/C13H8BrN3/c14-9-1-2-12-11(7-9)10(3-4-16-12)13-8-15-5-6-17-13/h1-8H. The molecule has 2 aromatic heterocycles. The fraction of sp³-hybridized carbons (Fsp3) is 0. The van der Waals surface area contributed by atoms with Gasteiger partial charge in [-0.2, -0.15) is 0 Å². The first kappa shape index (κ1) is 10.4. The van der Waals surface area contributed by atoms with Crippen LogP contribution >= 0.6 is 15.9 Å². The van der Waals surface area contributed by atoms with E-state index in [1.54, 1.807) is 24.8 Å². The summed E-state index contributed by atoms with van der Waals surface area (Å²) in [6.45, 7) is 0. The number of hydrogen-bond acceptors (Lipinski definition) is 3. The average Bonchev–Trinajstić information content (AvgIpc) is 2.39. The van der Waals surface area contributed by atoms with Crippen LogP contribution in [-0.2, 0) is 0 Å². The van der Waals surface area contributed by atoms with E-state index in [4.69, 9.17) is 0 Å². The molecule has 0 spiro atoms. The highest BCUT2D eigenvalue weighted by molar-refractivity contribution is 9.10. The molecule has 0 atom stereocenters. The van der Waals surface area contributed by atoms with E-state index in [9.17, 15) is 0 Å². The van der Waals surface area contributed by atoms with E-state index in [1.165, 1.54) is 0 Å². The Kier molecular flexibility index (Phi) is 2.57. The Morgan fingerprint density at radius 3 is 2.71 bits per heavy atom. The Morgan fingerprint density at radius 1 is 0.941 bits per heavy atom. The Hall–Kier alpha value is -1.81. The van der Waals surface area contributed by atoms with Crippen molar-refractivity contribution in [2.24, 2.45) is 0 Å². The molecule has 0 unspecified atom stereocenters. The van der Waals surface area contributed by atoms with Gasteiger partial charge >= 0.3 is 0 Å². The highest BCUT2D eigenvalue weighted by atomic mass is 79.9. The summed E-state index contributed by atoms with van der Waals surface area (Å²) < 4.78 is 1.03. The van der Waals surface area contributed by atoms with Crippen LogP contribution in [0.4, 0.5) is 0 Å². The predicted molar refractivity (Wildman–Crippen MR) is 70.5 cm³/mol. The number of nitrogens with zero attached hydrogens (tertiary/aromatic N) is 3. The molecule has 0 radical (unpaired) electrons. The van der Waals surface area contributed by atoms with Crippen LogP contribution in [0, 0.1) is 0 Å². The van der Waals surface area contributed by atoms with Crippen molar-refractivity contribution >= 4 is 26.8 Å². The summed E-state index contributed by atoms with van der Waals surface area (Å²) >= 11 is 3.48. The number of fused-ring (bicyclic) bond motifs is 1. The first-order chi connectivity index (χ1) is 8.34. The van der Waals surface area contributed by atoms with Crippen molar-refractivity contribution in [1.82, 2.24) is 15.0 Å². The molecule has 3 aromatic rings. The van der Waals surface area contributed by atoms with Gasteiger partial charge in [0.2, 0.25) is 0 Å². The molecule has 0 fully saturated rings. The molecule has 2 heterocycles. The van der Waals surface area contributed by atoms with Gasteiger partial charge in [-0.15, -0.1) is 0 Å². The van der Waals surface area contributed by atoms with Crippen LogP contribution in [0.1, 0.15) is 0 Å². The van der Waals surface area contributed by atoms with Crippen LogP contribution in [0.15, 0.2) is 53.5 Å². The lowest BCUT2D eigenvalue weighted by Gasteiger charge is -2.05. The molecule has 82 valence electrons. The molecule has 0 bridgehead atoms. The average molecular weight is 286 g/mol. The summed E-state index contributed by atoms with van der Waals surface area (Å²) in [5.74, 6) is 0. The highest BCUT2D eigenvalue weighted by Crippen LogP contribution is 2.27. The van der Waals surface area contributed by atoms with Crippen LogP contribution in [0.5, 0.6) is 0 Å². The quantitative estimate of drug-likeness (QED) is 0.687. The Labute approximate surface area is 107 Å². The Bertz CT molecular complexity index is 668. The first-order valence-corrected chi connectivity index (χ1v) is 5.94. The van der Waals surface area contributed by atoms with Gasteiger partial charge in [-0.3, -0.25) is 15.0 Å². The van der Waals surface area contributed by atoms with Crippen molar-refractivity contribution in [2.75, 3.05) is 0 Å². The van der Waals surface area contributed by atoms with Gasteiger partial charge in [0.05, 0.1) is 17.4 Å². The lowest BCUT2D eigenvalue weighted by molar-refractivity contribution is 1.21. The van der Waals surface area contributed by atoms with Gasteiger partial charge in [-0.1, -0.05) is 15.9 Å². The third kappa shape index (κ3) is 1.91. The molecule has 3 nitrogen and oxygen atoms in total. The third-order valence-electron chi connectivity index (χ3n) is 2.54. The number of rotatable bonds is 1. The van der Waals surface area contributed by atoms with Crippen molar-refractivity contribution in [3.05, 3.63) is 53.5 Å². The lowest BCUT2D eigenvalue weighted by atomic mass is 10.1. The van der Waals surface area contributed by atoms with Gasteiger partial charge in [0.15, 0.2) is 0 Å². The van der Waals surface area contributed by atoms with Crippen LogP contribution in [-0.4, -0.2) is 15.0 Å². The lowest BCUT2D eigenvalue weighted by Crippen LogP contribution is -1.87. The summed E-state index contributed by atoms with van der Waals surface area (Å²) in [5, 5.41) is 1.07. The fourth-order valence-corrected chi connectivity index (χ4v) is 2.14. The second kappa shape index (κ2) is 4.22. The van der Waals surface area contributed by atoms with Crippen molar-refractivity contribution < 1.29 is 0 Å². The molecule has 0 N–H and O–H groups in total. The van der Waals surface area contributed by atoms with Crippen LogP contribution in [0.3, 0.4) is 0 Å². The molecular formula is C13H8BrN3. The normalized spacial score (nSPS) is 10.6. The summed E-state index contributed by atoms with van der Waals surface area (Å²) in [6.07, 6.45) is 6.91. The number of aromatic nitrogens is 3. The van der Waals surface area contributed by atoms with Crippen LogP contribution in [0.25, 0.3) is 22.2 Å². The molecule has 17 heavy (non-hydrogen) atoms. The number of pyridine rings is 1. The van der Waals surface area contributed by atoms with E-state index in [0.717, 1.165) is 26.6 Å². The maximum absolute atomic E-state index is 4.34. The molecule has 1 aromatic carbocycles. The van der Waals surface area contributed by atoms with Gasteiger partial charge < -0.3 is 0 Å². The molecule has 0 amide bonds. The maximum Gasteiger partial charge on any atom is 0.0892 e. The largest absolute Gasteiger partial charge is 0.261 e. The number of halogens is 1. The molecular weight excluding hydrogens is 278 g/mol. The Morgan fingerprint density at radius 2 is 1.88 bits per heavy atom. The molecule has 0 aliphatic carbocycles. The fourth-order valence-electron chi connectivity index (χ4n) is 1.78.